The summed E-state index contributed by atoms with van der Waals surface area (Å²) in [4.78, 5) is 4.57. The van der Waals surface area contributed by atoms with Crippen molar-refractivity contribution >= 4 is 5.96 Å². The van der Waals surface area contributed by atoms with Crippen LogP contribution >= 0.6 is 0 Å². The first-order valence-corrected chi connectivity index (χ1v) is 9.17. The lowest BCUT2D eigenvalue weighted by Gasteiger charge is -2.15. The van der Waals surface area contributed by atoms with Gasteiger partial charge in [0, 0.05) is 24.2 Å². The Hall–Kier alpha value is -2.89. The van der Waals surface area contributed by atoms with Gasteiger partial charge in [0.15, 0.2) is 5.96 Å². The molecule has 146 valence electrons. The van der Waals surface area contributed by atoms with Crippen molar-refractivity contribution in [3.05, 3.63) is 53.1 Å². The van der Waals surface area contributed by atoms with Crippen LogP contribution in [0.25, 0.3) is 0 Å². The molecule has 0 fully saturated rings. The molecule has 0 heterocycles. The number of phenols is 1. The molecule has 0 radical (unpaired) electrons. The Kier molecular flexibility index (Phi) is 7.79. The van der Waals surface area contributed by atoms with Crippen molar-refractivity contribution in [3.63, 3.8) is 0 Å². The van der Waals surface area contributed by atoms with Crippen LogP contribution in [0.5, 0.6) is 17.2 Å². The number of hydrogen-bond donors (Lipinski definition) is 3. The van der Waals surface area contributed by atoms with E-state index in [4.69, 9.17) is 9.47 Å². The summed E-state index contributed by atoms with van der Waals surface area (Å²) in [5.41, 5.74) is 2.94. The van der Waals surface area contributed by atoms with E-state index in [9.17, 15) is 5.11 Å². The van der Waals surface area contributed by atoms with E-state index < -0.39 is 0 Å². The van der Waals surface area contributed by atoms with Gasteiger partial charge in [-0.15, -0.1) is 0 Å². The van der Waals surface area contributed by atoms with E-state index in [1.54, 1.807) is 25.3 Å². The Labute approximate surface area is 161 Å². The third-order valence-corrected chi connectivity index (χ3v) is 4.01. The van der Waals surface area contributed by atoms with Crippen LogP contribution in [0.15, 0.2) is 41.4 Å². The second-order valence-corrected chi connectivity index (χ2v) is 6.09. The summed E-state index contributed by atoms with van der Waals surface area (Å²) in [6.45, 7) is 8.33. The van der Waals surface area contributed by atoms with Crippen LogP contribution in [0, 0.1) is 6.92 Å². The summed E-state index contributed by atoms with van der Waals surface area (Å²) in [6, 6.07) is 11.3. The molecule has 0 amide bonds. The van der Waals surface area contributed by atoms with Gasteiger partial charge in [0.25, 0.3) is 0 Å². The number of methoxy groups -OCH3 is 1. The topological polar surface area (TPSA) is 75.1 Å². The highest BCUT2D eigenvalue weighted by atomic mass is 16.5. The van der Waals surface area contributed by atoms with Gasteiger partial charge in [-0.25, -0.2) is 4.99 Å². The number of hydrogen-bond acceptors (Lipinski definition) is 4. The second-order valence-electron chi connectivity index (χ2n) is 6.09. The molecule has 0 saturated heterocycles. The molecule has 6 nitrogen and oxygen atoms in total. The zero-order chi connectivity index (χ0) is 19.6. The van der Waals surface area contributed by atoms with E-state index >= 15 is 0 Å². The number of aromatic hydroxyl groups is 1. The molecule has 0 saturated carbocycles. The van der Waals surface area contributed by atoms with Crippen LogP contribution in [-0.2, 0) is 13.1 Å². The van der Waals surface area contributed by atoms with Gasteiger partial charge in [0.1, 0.15) is 17.2 Å². The van der Waals surface area contributed by atoms with Crippen molar-refractivity contribution in [2.75, 3.05) is 20.3 Å². The van der Waals surface area contributed by atoms with Crippen LogP contribution < -0.4 is 20.1 Å². The molecule has 2 aromatic rings. The molecule has 2 rings (SSSR count). The second kappa shape index (κ2) is 10.3. The molecule has 0 aliphatic carbocycles. The number of aryl methyl sites for hydroxylation is 1. The summed E-state index contributed by atoms with van der Waals surface area (Å²) in [5.74, 6) is 2.44. The van der Waals surface area contributed by atoms with Gasteiger partial charge in [-0.05, 0) is 50.6 Å². The minimum atomic E-state index is 0.201. The highest BCUT2D eigenvalue weighted by molar-refractivity contribution is 5.79. The largest absolute Gasteiger partial charge is 0.508 e. The predicted octanol–water partition coefficient (Wildman–Crippen LogP) is 3.36. The van der Waals surface area contributed by atoms with E-state index in [-0.39, 0.29) is 5.75 Å². The predicted molar refractivity (Wildman–Crippen MR) is 109 cm³/mol. The Morgan fingerprint density at radius 2 is 1.89 bits per heavy atom. The molecule has 0 bridgehead atoms. The van der Waals surface area contributed by atoms with Gasteiger partial charge < -0.3 is 25.2 Å². The number of benzene rings is 2. The molecule has 2 aromatic carbocycles. The first-order valence-electron chi connectivity index (χ1n) is 9.17. The van der Waals surface area contributed by atoms with Gasteiger partial charge in [0.05, 0.1) is 20.3 Å². The summed E-state index contributed by atoms with van der Waals surface area (Å²) in [5, 5.41) is 16.6. The van der Waals surface area contributed by atoms with Crippen LogP contribution in [0.2, 0.25) is 0 Å². The first kappa shape index (κ1) is 20.4. The number of nitrogens with zero attached hydrogens (tertiary/aromatic N) is 1. The first-order chi connectivity index (χ1) is 13.1. The van der Waals surface area contributed by atoms with E-state index in [0.29, 0.717) is 37.0 Å². The number of nitrogens with one attached hydrogen (secondary N) is 2. The summed E-state index contributed by atoms with van der Waals surface area (Å²) < 4.78 is 10.9. The minimum Gasteiger partial charge on any atom is -0.508 e. The van der Waals surface area contributed by atoms with Crippen LogP contribution in [-0.4, -0.2) is 31.3 Å². The molecular formula is C21H29N3O3. The maximum atomic E-state index is 10.0. The molecule has 0 aromatic heterocycles. The molecule has 0 spiro atoms. The maximum Gasteiger partial charge on any atom is 0.191 e. The average Bonchev–Trinajstić information content (AvgIpc) is 2.66. The number of ether oxygens (including phenoxy) is 2. The summed E-state index contributed by atoms with van der Waals surface area (Å²) in [6.07, 6.45) is 0. The van der Waals surface area contributed by atoms with Crippen LogP contribution in [0.3, 0.4) is 0 Å². The zero-order valence-corrected chi connectivity index (χ0v) is 16.5. The van der Waals surface area contributed by atoms with Gasteiger partial charge in [-0.3, -0.25) is 0 Å². The third-order valence-electron chi connectivity index (χ3n) is 4.01. The lowest BCUT2D eigenvalue weighted by molar-refractivity contribution is 0.336. The quantitative estimate of drug-likeness (QED) is 0.490. The lowest BCUT2D eigenvalue weighted by Crippen LogP contribution is -2.36. The normalized spacial score (nSPS) is 11.2. The van der Waals surface area contributed by atoms with Crippen molar-refractivity contribution in [1.29, 1.82) is 0 Å². The van der Waals surface area contributed by atoms with Gasteiger partial charge >= 0.3 is 0 Å². The van der Waals surface area contributed by atoms with Gasteiger partial charge in [0.2, 0.25) is 0 Å². The lowest BCUT2D eigenvalue weighted by atomic mass is 10.1. The SMILES string of the molecule is CCNC(=NCc1cc(OC)ccc1O)NCc1ccc(C)cc1OCC. The summed E-state index contributed by atoms with van der Waals surface area (Å²) >= 11 is 0. The highest BCUT2D eigenvalue weighted by Gasteiger charge is 2.07. The Morgan fingerprint density at radius 1 is 1.07 bits per heavy atom. The molecule has 0 unspecified atom stereocenters. The number of aliphatic imine (C=N–C) groups is 1. The number of phenolic OH excluding ortho intramolecular Hbond substituents is 1. The third kappa shape index (κ3) is 6.09. The standard InChI is InChI=1S/C21H29N3O3/c1-5-22-21(24-14-17-12-18(26-4)9-10-19(17)25)23-13-16-8-7-15(3)11-20(16)27-6-2/h7-12,25H,5-6,13-14H2,1-4H3,(H2,22,23,24). The van der Waals surface area contributed by atoms with Crippen molar-refractivity contribution in [3.8, 4) is 17.2 Å². The van der Waals surface area contributed by atoms with Crippen molar-refractivity contribution in [2.24, 2.45) is 4.99 Å². The molecule has 6 heteroatoms. The average molecular weight is 371 g/mol. The van der Waals surface area contributed by atoms with Crippen molar-refractivity contribution in [2.45, 2.75) is 33.9 Å². The summed E-state index contributed by atoms with van der Waals surface area (Å²) in [7, 11) is 1.60. The molecule has 0 aliphatic rings. The fourth-order valence-corrected chi connectivity index (χ4v) is 2.60. The Bertz CT molecular complexity index is 775. The monoisotopic (exact) mass is 371 g/mol. The molecular weight excluding hydrogens is 342 g/mol. The molecule has 0 aliphatic heterocycles. The highest BCUT2D eigenvalue weighted by Crippen LogP contribution is 2.23. The van der Waals surface area contributed by atoms with Crippen LogP contribution in [0.4, 0.5) is 0 Å². The van der Waals surface area contributed by atoms with Crippen molar-refractivity contribution < 1.29 is 14.6 Å². The Morgan fingerprint density at radius 3 is 2.59 bits per heavy atom. The van der Waals surface area contributed by atoms with Gasteiger partial charge in [-0.1, -0.05) is 12.1 Å². The van der Waals surface area contributed by atoms with E-state index in [2.05, 4.69) is 27.8 Å². The Balaban J connectivity index is 2.10. The van der Waals surface area contributed by atoms with E-state index in [0.717, 1.165) is 23.4 Å². The maximum absolute atomic E-state index is 10.0. The van der Waals surface area contributed by atoms with Crippen LogP contribution in [0.1, 0.15) is 30.5 Å². The molecule has 3 N–H and O–H groups in total. The fourth-order valence-electron chi connectivity index (χ4n) is 2.60. The van der Waals surface area contributed by atoms with Gasteiger partial charge in [-0.2, -0.15) is 0 Å². The van der Waals surface area contributed by atoms with Crippen molar-refractivity contribution in [1.82, 2.24) is 10.6 Å². The minimum absolute atomic E-state index is 0.201. The zero-order valence-electron chi connectivity index (χ0n) is 16.5. The molecule has 27 heavy (non-hydrogen) atoms. The number of rotatable bonds is 8. The number of guanidine groups is 1. The van der Waals surface area contributed by atoms with E-state index in [1.807, 2.05) is 26.8 Å². The molecule has 0 atom stereocenters. The fraction of sp³-hybridized carbons (Fsp3) is 0.381. The van der Waals surface area contributed by atoms with E-state index in [1.165, 1.54) is 0 Å². The smallest absolute Gasteiger partial charge is 0.191 e.